The van der Waals surface area contributed by atoms with E-state index in [2.05, 4.69) is 12.0 Å². The van der Waals surface area contributed by atoms with Crippen molar-refractivity contribution in [2.75, 3.05) is 13.2 Å². The van der Waals surface area contributed by atoms with Gasteiger partial charge in [0.2, 0.25) is 0 Å². The summed E-state index contributed by atoms with van der Waals surface area (Å²) in [6.45, 7) is 4.78. The van der Waals surface area contributed by atoms with Gasteiger partial charge in [0.25, 0.3) is 0 Å². The number of unbranched alkanes of at least 4 members (excludes halogenated alkanes) is 9. The second-order valence-corrected chi connectivity index (χ2v) is 6.64. The lowest BCUT2D eigenvalue weighted by molar-refractivity contribution is 0.263. The Balaban J connectivity index is 3.17. The van der Waals surface area contributed by atoms with Crippen molar-refractivity contribution in [3.8, 4) is 0 Å². The molecule has 0 aromatic heterocycles. The molecule has 0 aliphatic rings. The minimum atomic E-state index is -3.52. The highest BCUT2D eigenvalue weighted by atomic mass is 31.2. The Morgan fingerprint density at radius 2 is 1.37 bits per heavy atom. The number of hydrogen-bond acceptors (Lipinski definition) is 2. The van der Waals surface area contributed by atoms with Gasteiger partial charge in [-0.2, -0.15) is 0 Å². The van der Waals surface area contributed by atoms with Gasteiger partial charge in [0.1, 0.15) is 0 Å². The van der Waals surface area contributed by atoms with E-state index >= 15 is 0 Å². The maximum Gasteiger partial charge on any atom is 0.402 e. The van der Waals surface area contributed by atoms with E-state index in [9.17, 15) is 9.46 Å². The standard InChI is InChI=1S/C14H32NO3P/c1-3-5-6-7-8-9-10-11-12-13-14-15-19(16,17)18-4-2/h3-14H2,1-2H3,(H2,15,16,17). The maximum absolute atomic E-state index is 11.3. The average molecular weight is 293 g/mol. The van der Waals surface area contributed by atoms with Crippen LogP contribution in [0.4, 0.5) is 0 Å². The largest absolute Gasteiger partial charge is 0.402 e. The molecular weight excluding hydrogens is 261 g/mol. The van der Waals surface area contributed by atoms with Crippen LogP contribution in [0.5, 0.6) is 0 Å². The van der Waals surface area contributed by atoms with Crippen LogP contribution in [-0.2, 0) is 9.09 Å². The van der Waals surface area contributed by atoms with Crippen LogP contribution in [0.25, 0.3) is 0 Å². The predicted octanol–water partition coefficient (Wildman–Crippen LogP) is 4.63. The minimum Gasteiger partial charge on any atom is -0.312 e. The molecule has 0 fully saturated rings. The van der Waals surface area contributed by atoms with Crippen LogP contribution >= 0.6 is 7.75 Å². The van der Waals surface area contributed by atoms with Crippen LogP contribution in [0.1, 0.15) is 78.1 Å². The molecule has 0 saturated carbocycles. The lowest BCUT2D eigenvalue weighted by Gasteiger charge is -2.11. The van der Waals surface area contributed by atoms with Crippen LogP contribution < -0.4 is 5.09 Å². The first-order chi connectivity index (χ1) is 9.12. The van der Waals surface area contributed by atoms with Gasteiger partial charge in [-0.25, -0.2) is 9.65 Å². The SMILES string of the molecule is CCCCCCCCCCCCNP(=O)(O)OCC. The van der Waals surface area contributed by atoms with Crippen LogP contribution in [0.15, 0.2) is 0 Å². The first-order valence-corrected chi connectivity index (χ1v) is 9.42. The fourth-order valence-corrected chi connectivity index (χ4v) is 2.94. The predicted molar refractivity (Wildman–Crippen MR) is 81.3 cm³/mol. The molecule has 0 heterocycles. The highest BCUT2D eigenvalue weighted by molar-refractivity contribution is 7.50. The summed E-state index contributed by atoms with van der Waals surface area (Å²) < 4.78 is 16.0. The third-order valence-electron chi connectivity index (χ3n) is 3.15. The molecule has 0 bridgehead atoms. The van der Waals surface area contributed by atoms with Gasteiger partial charge in [-0.15, -0.1) is 0 Å². The molecule has 0 amide bonds. The van der Waals surface area contributed by atoms with Gasteiger partial charge < -0.3 is 4.89 Å². The molecular formula is C14H32NO3P. The van der Waals surface area contributed by atoms with Crippen LogP contribution in [0, 0.1) is 0 Å². The van der Waals surface area contributed by atoms with Gasteiger partial charge in [0.05, 0.1) is 6.61 Å². The average Bonchev–Trinajstić information content (AvgIpc) is 2.36. The second-order valence-electron chi connectivity index (χ2n) is 5.03. The van der Waals surface area contributed by atoms with E-state index in [1.807, 2.05) is 0 Å². The summed E-state index contributed by atoms with van der Waals surface area (Å²) in [7, 11) is -3.52. The molecule has 1 atom stereocenters. The van der Waals surface area contributed by atoms with Crippen LogP contribution in [0.3, 0.4) is 0 Å². The van der Waals surface area contributed by atoms with E-state index in [0.717, 1.165) is 12.8 Å². The molecule has 0 aromatic carbocycles. The Labute approximate surface area is 118 Å². The van der Waals surface area contributed by atoms with E-state index in [-0.39, 0.29) is 6.61 Å². The molecule has 5 heteroatoms. The zero-order chi connectivity index (χ0) is 14.4. The van der Waals surface area contributed by atoms with E-state index < -0.39 is 7.75 Å². The van der Waals surface area contributed by atoms with Crippen molar-refractivity contribution >= 4 is 7.75 Å². The topological polar surface area (TPSA) is 58.6 Å². The molecule has 0 saturated heterocycles. The summed E-state index contributed by atoms with van der Waals surface area (Å²) in [6, 6.07) is 0. The summed E-state index contributed by atoms with van der Waals surface area (Å²) >= 11 is 0. The molecule has 2 N–H and O–H groups in total. The van der Waals surface area contributed by atoms with Gasteiger partial charge in [-0.1, -0.05) is 64.7 Å². The Morgan fingerprint density at radius 3 is 1.84 bits per heavy atom. The highest BCUT2D eigenvalue weighted by Crippen LogP contribution is 2.35. The van der Waals surface area contributed by atoms with Crippen molar-refractivity contribution < 1.29 is 14.0 Å². The van der Waals surface area contributed by atoms with E-state index in [4.69, 9.17) is 4.52 Å². The van der Waals surface area contributed by atoms with Crippen molar-refractivity contribution in [3.63, 3.8) is 0 Å². The molecule has 0 aromatic rings. The molecule has 1 unspecified atom stereocenters. The maximum atomic E-state index is 11.3. The normalized spacial score (nSPS) is 14.5. The quantitative estimate of drug-likeness (QED) is 0.362. The van der Waals surface area contributed by atoms with Crippen molar-refractivity contribution in [1.29, 1.82) is 0 Å². The lowest BCUT2D eigenvalue weighted by Crippen LogP contribution is -2.13. The van der Waals surface area contributed by atoms with E-state index in [1.54, 1.807) is 6.92 Å². The van der Waals surface area contributed by atoms with Crippen LogP contribution in [0.2, 0.25) is 0 Å². The third-order valence-corrected chi connectivity index (χ3v) is 4.38. The molecule has 0 radical (unpaired) electrons. The Hall–Kier alpha value is 0.110. The van der Waals surface area contributed by atoms with E-state index in [0.29, 0.717) is 6.54 Å². The van der Waals surface area contributed by atoms with Crippen molar-refractivity contribution in [3.05, 3.63) is 0 Å². The molecule has 19 heavy (non-hydrogen) atoms. The molecule has 116 valence electrons. The van der Waals surface area contributed by atoms with Gasteiger partial charge in [-0.3, -0.25) is 4.52 Å². The smallest absolute Gasteiger partial charge is 0.312 e. The van der Waals surface area contributed by atoms with Gasteiger partial charge in [0.15, 0.2) is 0 Å². The number of hydrogen-bond donors (Lipinski definition) is 2. The fourth-order valence-electron chi connectivity index (χ4n) is 2.05. The summed E-state index contributed by atoms with van der Waals surface area (Å²) in [5, 5.41) is 2.57. The molecule has 4 nitrogen and oxygen atoms in total. The lowest BCUT2D eigenvalue weighted by atomic mass is 10.1. The van der Waals surface area contributed by atoms with Gasteiger partial charge >= 0.3 is 7.75 Å². The molecule has 0 spiro atoms. The highest BCUT2D eigenvalue weighted by Gasteiger charge is 2.15. The number of rotatable bonds is 14. The summed E-state index contributed by atoms with van der Waals surface area (Å²) in [6.07, 6.45) is 12.7. The Morgan fingerprint density at radius 1 is 0.895 bits per heavy atom. The van der Waals surface area contributed by atoms with Crippen molar-refractivity contribution in [1.82, 2.24) is 5.09 Å². The Kier molecular flexibility index (Phi) is 13.2. The summed E-state index contributed by atoms with van der Waals surface area (Å²) in [5.74, 6) is 0. The van der Waals surface area contributed by atoms with Crippen LogP contribution in [-0.4, -0.2) is 18.0 Å². The van der Waals surface area contributed by atoms with E-state index in [1.165, 1.54) is 51.4 Å². The number of nitrogens with one attached hydrogen (secondary N) is 1. The molecule has 0 aliphatic heterocycles. The monoisotopic (exact) mass is 293 g/mol. The fraction of sp³-hybridized carbons (Fsp3) is 1.00. The van der Waals surface area contributed by atoms with Crippen molar-refractivity contribution in [2.24, 2.45) is 0 Å². The zero-order valence-electron chi connectivity index (χ0n) is 12.7. The van der Waals surface area contributed by atoms with Crippen molar-refractivity contribution in [2.45, 2.75) is 78.1 Å². The van der Waals surface area contributed by atoms with Gasteiger partial charge in [-0.05, 0) is 13.3 Å². The Bertz CT molecular complexity index is 237. The zero-order valence-corrected chi connectivity index (χ0v) is 13.6. The second kappa shape index (κ2) is 13.1. The first-order valence-electron chi connectivity index (χ1n) is 7.85. The molecule has 0 aliphatic carbocycles. The summed E-state index contributed by atoms with van der Waals surface area (Å²) in [4.78, 5) is 9.28. The minimum absolute atomic E-state index is 0.263. The van der Waals surface area contributed by atoms with Gasteiger partial charge in [0, 0.05) is 6.54 Å². The third kappa shape index (κ3) is 14.3. The molecule has 0 rings (SSSR count). The first kappa shape index (κ1) is 19.1. The summed E-state index contributed by atoms with van der Waals surface area (Å²) in [5.41, 5.74) is 0.